The first-order chi connectivity index (χ1) is 16.9. The van der Waals surface area contributed by atoms with Gasteiger partial charge in [-0.15, -0.1) is 18.3 Å². The zero-order chi connectivity index (χ0) is 24.3. The van der Waals surface area contributed by atoms with E-state index in [0.717, 1.165) is 23.2 Å². The van der Waals surface area contributed by atoms with E-state index in [-0.39, 0.29) is 11.8 Å². The van der Waals surface area contributed by atoms with Crippen molar-refractivity contribution in [2.45, 2.75) is 18.8 Å². The van der Waals surface area contributed by atoms with Gasteiger partial charge in [0.15, 0.2) is 5.82 Å². The van der Waals surface area contributed by atoms with Crippen molar-refractivity contribution in [2.24, 2.45) is 4.99 Å². The van der Waals surface area contributed by atoms with Crippen molar-refractivity contribution in [3.05, 3.63) is 90.8 Å². The molecule has 0 spiro atoms. The number of aliphatic imine (C=N–C) groups is 1. The molecule has 0 aliphatic carbocycles. The largest absolute Gasteiger partial charge is 0.573 e. The van der Waals surface area contributed by atoms with Crippen LogP contribution >= 0.6 is 0 Å². The SMILES string of the molecule is FC(F)(F)Oc1ccc(-n2cnc(-c3ccc(NC4=NC(c5ccccc5)CCO4)cc3)n2)cc1. The van der Waals surface area contributed by atoms with Gasteiger partial charge in [0.05, 0.1) is 18.3 Å². The van der Waals surface area contributed by atoms with Crippen molar-refractivity contribution in [1.82, 2.24) is 14.8 Å². The fourth-order valence-corrected chi connectivity index (χ4v) is 3.64. The van der Waals surface area contributed by atoms with Crippen LogP contribution in [0, 0.1) is 0 Å². The Balaban J connectivity index is 1.25. The Bertz CT molecular complexity index is 1300. The third-order valence-corrected chi connectivity index (χ3v) is 5.31. The van der Waals surface area contributed by atoms with E-state index in [1.165, 1.54) is 35.3 Å². The minimum absolute atomic E-state index is 0.0500. The predicted octanol–water partition coefficient (Wildman–Crippen LogP) is 5.76. The predicted molar refractivity (Wildman–Crippen MR) is 124 cm³/mol. The van der Waals surface area contributed by atoms with Crippen LogP contribution in [0.25, 0.3) is 17.1 Å². The van der Waals surface area contributed by atoms with Crippen molar-refractivity contribution in [3.8, 4) is 22.8 Å². The second-order valence-electron chi connectivity index (χ2n) is 7.75. The molecule has 0 radical (unpaired) electrons. The summed E-state index contributed by atoms with van der Waals surface area (Å²) in [5, 5.41) is 7.62. The molecular weight excluding hydrogens is 459 g/mol. The number of ether oxygens (including phenoxy) is 2. The number of anilines is 1. The number of alkyl halides is 3. The maximum absolute atomic E-state index is 12.3. The van der Waals surface area contributed by atoms with Crippen LogP contribution in [0.2, 0.25) is 0 Å². The maximum Gasteiger partial charge on any atom is 0.573 e. The van der Waals surface area contributed by atoms with Crippen LogP contribution in [0.15, 0.2) is 90.2 Å². The number of nitrogens with one attached hydrogen (secondary N) is 1. The molecular formula is C25H20F3N5O2. The van der Waals surface area contributed by atoms with E-state index in [9.17, 15) is 13.2 Å². The second kappa shape index (κ2) is 9.49. The lowest BCUT2D eigenvalue weighted by Crippen LogP contribution is -2.23. The Morgan fingerprint density at radius 3 is 2.40 bits per heavy atom. The Hall–Kier alpha value is -4.34. The summed E-state index contributed by atoms with van der Waals surface area (Å²) in [4.78, 5) is 8.98. The van der Waals surface area contributed by atoms with Gasteiger partial charge in [-0.05, 0) is 54.1 Å². The molecule has 1 atom stereocenters. The normalized spacial score (nSPS) is 15.7. The second-order valence-corrected chi connectivity index (χ2v) is 7.75. The fraction of sp³-hybridized carbons (Fsp3) is 0.160. The van der Waals surface area contributed by atoms with Gasteiger partial charge in [0.2, 0.25) is 0 Å². The van der Waals surface area contributed by atoms with Gasteiger partial charge in [-0.1, -0.05) is 30.3 Å². The molecule has 0 bridgehead atoms. The summed E-state index contributed by atoms with van der Waals surface area (Å²) in [6.07, 6.45) is -2.42. The average molecular weight is 479 g/mol. The topological polar surface area (TPSA) is 73.6 Å². The van der Waals surface area contributed by atoms with Crippen LogP contribution in [-0.2, 0) is 4.74 Å². The van der Waals surface area contributed by atoms with Crippen molar-refractivity contribution in [3.63, 3.8) is 0 Å². The van der Waals surface area contributed by atoms with Crippen LogP contribution < -0.4 is 10.1 Å². The van der Waals surface area contributed by atoms with Gasteiger partial charge in [0.25, 0.3) is 6.02 Å². The minimum Gasteiger partial charge on any atom is -0.465 e. The molecule has 178 valence electrons. The molecule has 5 rings (SSSR count). The molecule has 0 fully saturated rings. The summed E-state index contributed by atoms with van der Waals surface area (Å²) in [7, 11) is 0. The van der Waals surface area contributed by atoms with E-state index in [1.807, 2.05) is 42.5 Å². The number of aromatic nitrogens is 3. The molecule has 1 aromatic heterocycles. The van der Waals surface area contributed by atoms with E-state index < -0.39 is 6.36 Å². The van der Waals surface area contributed by atoms with Gasteiger partial charge in [0.1, 0.15) is 12.1 Å². The van der Waals surface area contributed by atoms with Crippen molar-refractivity contribution >= 4 is 11.7 Å². The number of nitrogens with zero attached hydrogens (tertiary/aromatic N) is 4. The molecule has 1 N–H and O–H groups in total. The number of hydrogen-bond acceptors (Lipinski definition) is 6. The highest BCUT2D eigenvalue weighted by Gasteiger charge is 2.31. The Kier molecular flexibility index (Phi) is 6.09. The standard InChI is InChI=1S/C25H20F3N5O2/c26-25(27,28)35-21-12-10-20(11-13-21)33-16-29-23(32-33)18-6-8-19(9-7-18)30-24-31-22(14-15-34-24)17-4-2-1-3-5-17/h1-13,16,22H,14-15H2,(H,30,31). The van der Waals surface area contributed by atoms with Gasteiger partial charge >= 0.3 is 6.36 Å². The van der Waals surface area contributed by atoms with E-state index in [4.69, 9.17) is 4.74 Å². The highest BCUT2D eigenvalue weighted by atomic mass is 19.4. The zero-order valence-electron chi connectivity index (χ0n) is 18.3. The maximum atomic E-state index is 12.3. The summed E-state index contributed by atoms with van der Waals surface area (Å²) in [6, 6.07) is 23.5. The first-order valence-electron chi connectivity index (χ1n) is 10.8. The first kappa shape index (κ1) is 22.5. The van der Waals surface area contributed by atoms with Gasteiger partial charge < -0.3 is 14.8 Å². The van der Waals surface area contributed by atoms with Crippen LogP contribution in [0.1, 0.15) is 18.0 Å². The Morgan fingerprint density at radius 1 is 0.943 bits per heavy atom. The first-order valence-corrected chi connectivity index (χ1v) is 10.8. The monoisotopic (exact) mass is 479 g/mol. The number of amidine groups is 1. The van der Waals surface area contributed by atoms with Crippen molar-refractivity contribution < 1.29 is 22.6 Å². The number of rotatable bonds is 5. The third kappa shape index (κ3) is 5.60. The number of benzene rings is 3. The molecule has 7 nitrogen and oxygen atoms in total. The van der Waals surface area contributed by atoms with E-state index in [0.29, 0.717) is 24.1 Å². The Labute approximate surface area is 198 Å². The average Bonchev–Trinajstić information content (AvgIpc) is 3.35. The van der Waals surface area contributed by atoms with E-state index in [2.05, 4.69) is 37.3 Å². The molecule has 1 aliphatic heterocycles. The van der Waals surface area contributed by atoms with Gasteiger partial charge in [0, 0.05) is 17.7 Å². The van der Waals surface area contributed by atoms with Crippen molar-refractivity contribution in [2.75, 3.05) is 11.9 Å². The zero-order valence-corrected chi connectivity index (χ0v) is 18.3. The van der Waals surface area contributed by atoms with Gasteiger partial charge in [-0.2, -0.15) is 0 Å². The molecule has 1 unspecified atom stereocenters. The van der Waals surface area contributed by atoms with Crippen LogP contribution in [0.4, 0.5) is 18.9 Å². The van der Waals surface area contributed by atoms with Crippen LogP contribution in [0.3, 0.4) is 0 Å². The van der Waals surface area contributed by atoms with Crippen LogP contribution in [0.5, 0.6) is 5.75 Å². The lowest BCUT2D eigenvalue weighted by molar-refractivity contribution is -0.274. The molecule has 3 aromatic carbocycles. The highest BCUT2D eigenvalue weighted by molar-refractivity contribution is 5.89. The minimum atomic E-state index is -4.73. The highest BCUT2D eigenvalue weighted by Crippen LogP contribution is 2.26. The molecule has 1 aliphatic rings. The molecule has 0 amide bonds. The summed E-state index contributed by atoms with van der Waals surface area (Å²) in [5.74, 6) is 0.175. The van der Waals surface area contributed by atoms with Gasteiger partial charge in [-0.3, -0.25) is 0 Å². The molecule has 4 aromatic rings. The molecule has 2 heterocycles. The van der Waals surface area contributed by atoms with Crippen LogP contribution in [-0.4, -0.2) is 33.8 Å². The lowest BCUT2D eigenvalue weighted by Gasteiger charge is -2.22. The summed E-state index contributed by atoms with van der Waals surface area (Å²) in [5.41, 5.74) is 3.28. The molecule has 0 saturated carbocycles. The fourth-order valence-electron chi connectivity index (χ4n) is 3.64. The molecule has 10 heteroatoms. The van der Waals surface area contributed by atoms with Gasteiger partial charge in [-0.25, -0.2) is 14.7 Å². The quantitative estimate of drug-likeness (QED) is 0.394. The smallest absolute Gasteiger partial charge is 0.465 e. The molecule has 0 saturated heterocycles. The summed E-state index contributed by atoms with van der Waals surface area (Å²) < 4.78 is 48.1. The third-order valence-electron chi connectivity index (χ3n) is 5.31. The lowest BCUT2D eigenvalue weighted by atomic mass is 10.0. The van der Waals surface area contributed by atoms with E-state index in [1.54, 1.807) is 0 Å². The number of halogens is 3. The Morgan fingerprint density at radius 2 is 1.69 bits per heavy atom. The molecule has 35 heavy (non-hydrogen) atoms. The van der Waals surface area contributed by atoms with E-state index >= 15 is 0 Å². The van der Waals surface area contributed by atoms with Crippen molar-refractivity contribution in [1.29, 1.82) is 0 Å². The summed E-state index contributed by atoms with van der Waals surface area (Å²) in [6.45, 7) is 0.578. The summed E-state index contributed by atoms with van der Waals surface area (Å²) >= 11 is 0. The number of hydrogen-bond donors (Lipinski definition) is 1.